The fourth-order valence-corrected chi connectivity index (χ4v) is 1.81. The molecule has 0 aromatic heterocycles. The zero-order valence-electron chi connectivity index (χ0n) is 15.2. The summed E-state index contributed by atoms with van der Waals surface area (Å²) in [5.74, 6) is -0.0423. The van der Waals surface area contributed by atoms with Gasteiger partial charge in [0.1, 0.15) is 0 Å². The second-order valence-electron chi connectivity index (χ2n) is 5.32. The van der Waals surface area contributed by atoms with E-state index < -0.39 is 0 Å². The molecule has 0 bridgehead atoms. The fourth-order valence-electron chi connectivity index (χ4n) is 1.81. The van der Waals surface area contributed by atoms with Gasteiger partial charge in [-0.15, -0.1) is 12.8 Å². The fraction of sp³-hybridized carbons (Fsp3) is 0.100. The Morgan fingerprint density at radius 2 is 0.926 bits per heavy atom. The van der Waals surface area contributed by atoms with E-state index in [1.807, 2.05) is 60.7 Å². The largest absolute Gasteiger partial charge is 0.316 e. The molecule has 140 valence electrons. The number of para-hydroxylation sites is 2. The van der Waals surface area contributed by atoms with E-state index in [2.05, 4.69) is 10.6 Å². The molecule has 6 N–H and O–H groups in total. The van der Waals surface area contributed by atoms with Crippen molar-refractivity contribution in [3.8, 4) is 0 Å². The summed E-state index contributed by atoms with van der Waals surface area (Å²) in [6.07, 6.45) is 2.49. The molecule has 27 heavy (non-hydrogen) atoms. The Labute approximate surface area is 173 Å². The quantitative estimate of drug-likeness (QED) is 0.320. The smallest absolute Gasteiger partial charge is 0.273 e. The van der Waals surface area contributed by atoms with Gasteiger partial charge in [0.05, 0.1) is 0 Å². The monoisotopic (exact) mass is 404 g/mol. The Hall–Kier alpha value is -2.83. The number of benzene rings is 2. The van der Waals surface area contributed by atoms with Crippen LogP contribution in [0.2, 0.25) is 0 Å². The minimum absolute atomic E-state index is 0. The third-order valence-electron chi connectivity index (χ3n) is 2.78. The van der Waals surface area contributed by atoms with Gasteiger partial charge in [-0.3, -0.25) is 9.59 Å². The molecule has 2 amide bonds. The van der Waals surface area contributed by atoms with E-state index in [0.29, 0.717) is 0 Å². The van der Waals surface area contributed by atoms with Crippen LogP contribution < -0.4 is 10.6 Å². The van der Waals surface area contributed by atoms with Gasteiger partial charge in [-0.1, -0.05) is 36.4 Å². The van der Waals surface area contributed by atoms with Crippen LogP contribution in [0.25, 0.3) is 0 Å². The van der Waals surface area contributed by atoms with Crippen molar-refractivity contribution in [2.45, 2.75) is 13.8 Å². The molecule has 0 atom stereocenters. The van der Waals surface area contributed by atoms with Gasteiger partial charge in [0.25, 0.3) is 11.8 Å². The number of rotatable bonds is 6. The molecule has 0 saturated carbocycles. The molecular formula is C20H24N2O4Ti+2. The molecule has 6 nitrogen and oxygen atoms in total. The number of hydrogen-bond acceptors (Lipinski definition) is 0. The molecule has 0 aliphatic carbocycles. The molecule has 0 fully saturated rings. The maximum Gasteiger partial charge on any atom is 0.273 e. The van der Waals surface area contributed by atoms with Gasteiger partial charge in [0.15, 0.2) is 11.6 Å². The third-order valence-corrected chi connectivity index (χ3v) is 2.78. The molecule has 2 rings (SSSR count). The maximum atomic E-state index is 9.24. The first kappa shape index (κ1) is 24.2. The predicted molar refractivity (Wildman–Crippen MR) is 108 cm³/mol. The van der Waals surface area contributed by atoms with Crippen LogP contribution in [-0.2, 0) is 21.7 Å². The van der Waals surface area contributed by atoms with Crippen LogP contribution in [0.1, 0.15) is 13.8 Å². The standard InChI is InChI=1S/2C10H10NO2.Ti/c2*1-8(12)7-10(13)11-9-5-3-2-4-6-9;/h2*2-7H,1H3,(H,11,13);/q2*-1;/p+4. The van der Waals surface area contributed by atoms with Crippen molar-refractivity contribution in [2.24, 2.45) is 0 Å². The van der Waals surface area contributed by atoms with E-state index in [-0.39, 0.29) is 45.1 Å². The van der Waals surface area contributed by atoms with Gasteiger partial charge in [-0.2, -0.15) is 0 Å². The van der Waals surface area contributed by atoms with Gasteiger partial charge in [-0.25, -0.2) is 0 Å². The van der Waals surface area contributed by atoms with E-state index in [4.69, 9.17) is 9.59 Å². The Balaban J connectivity index is 0.000000483. The van der Waals surface area contributed by atoms with Crippen LogP contribution in [0.3, 0.4) is 0 Å². The Morgan fingerprint density at radius 1 is 0.630 bits per heavy atom. The minimum atomic E-state index is -0.0776. The molecule has 0 radical (unpaired) electrons. The van der Waals surface area contributed by atoms with E-state index in [0.717, 1.165) is 11.4 Å². The predicted octanol–water partition coefficient (Wildman–Crippen LogP) is 2.74. The number of hydrogen-bond donors (Lipinski definition) is 2. The second-order valence-corrected chi connectivity index (χ2v) is 5.32. The average molecular weight is 404 g/mol. The van der Waals surface area contributed by atoms with Crippen molar-refractivity contribution in [1.82, 2.24) is 0 Å². The van der Waals surface area contributed by atoms with Gasteiger partial charge in [0.2, 0.25) is 0 Å². The van der Waals surface area contributed by atoms with Crippen molar-refractivity contribution in [3.05, 3.63) is 73.5 Å². The number of nitrogens with one attached hydrogen (secondary N) is 2. The summed E-state index contributed by atoms with van der Waals surface area (Å²) in [7, 11) is 0. The minimum Gasteiger partial charge on any atom is -0.316 e. The molecule has 0 aliphatic rings. The van der Waals surface area contributed by atoms with Crippen LogP contribution in [-0.4, -0.2) is 42.6 Å². The zero-order valence-corrected chi connectivity index (χ0v) is 16.8. The average Bonchev–Trinajstić information content (AvgIpc) is 2.55. The third kappa shape index (κ3) is 12.2. The van der Waals surface area contributed by atoms with E-state index in [1.165, 1.54) is 26.7 Å². The van der Waals surface area contributed by atoms with E-state index in [9.17, 15) is 9.59 Å². The molecular weight excluding hydrogens is 380 g/mol. The SMILES string of the molecule is CC(=[OH+])[CH-]C(=[OH+])Nc1ccccc1.CC(=[OH+])[CH-]C(=[OH+])Nc1ccccc1.[Ti]. The summed E-state index contributed by atoms with van der Waals surface area (Å²) >= 11 is 0. The van der Waals surface area contributed by atoms with Crippen LogP contribution >= 0.6 is 0 Å². The van der Waals surface area contributed by atoms with Crippen molar-refractivity contribution in [1.29, 1.82) is 0 Å². The number of amides is 2. The molecule has 0 unspecified atom stereocenters. The molecule has 7 heteroatoms. The van der Waals surface area contributed by atoms with Crippen molar-refractivity contribution in [2.75, 3.05) is 10.6 Å². The van der Waals surface area contributed by atoms with Gasteiger partial charge < -0.3 is 20.2 Å². The van der Waals surface area contributed by atoms with Crippen LogP contribution in [0, 0.1) is 12.8 Å². The zero-order chi connectivity index (χ0) is 19.4. The summed E-state index contributed by atoms with van der Waals surface area (Å²) in [5, 5.41) is 5.42. The topological polar surface area (TPSA) is 110 Å². The molecule has 0 saturated heterocycles. The summed E-state index contributed by atoms with van der Waals surface area (Å²) in [5.41, 5.74) is 1.55. The van der Waals surface area contributed by atoms with Crippen molar-refractivity contribution < 1.29 is 40.9 Å². The van der Waals surface area contributed by atoms with E-state index in [1.54, 1.807) is 0 Å². The molecule has 0 heterocycles. The normalized spacial score (nSPS) is 8.67. The summed E-state index contributed by atoms with van der Waals surface area (Å²) in [6.45, 7) is 2.98. The molecule has 2 aromatic rings. The van der Waals surface area contributed by atoms with E-state index >= 15 is 0 Å². The Morgan fingerprint density at radius 3 is 1.19 bits per heavy atom. The Kier molecular flexibility index (Phi) is 12.0. The Bertz CT molecular complexity index is 684. The first-order valence-corrected chi connectivity index (χ1v) is 7.87. The van der Waals surface area contributed by atoms with Gasteiger partial charge >= 0.3 is 0 Å². The molecule has 0 spiro atoms. The first-order chi connectivity index (χ1) is 12.4. The number of anilines is 2. The molecule has 2 aromatic carbocycles. The van der Waals surface area contributed by atoms with Crippen LogP contribution in [0.4, 0.5) is 11.4 Å². The van der Waals surface area contributed by atoms with Crippen molar-refractivity contribution >= 4 is 34.8 Å². The van der Waals surface area contributed by atoms with Crippen LogP contribution in [0.5, 0.6) is 0 Å². The van der Waals surface area contributed by atoms with Crippen molar-refractivity contribution in [3.63, 3.8) is 0 Å². The summed E-state index contributed by atoms with van der Waals surface area (Å²) in [6, 6.07) is 18.4. The second kappa shape index (κ2) is 13.4. The van der Waals surface area contributed by atoms with Gasteiger partial charge in [-0.05, 0) is 24.3 Å². The molecule has 0 aliphatic heterocycles. The first-order valence-electron chi connectivity index (χ1n) is 7.87. The number of ketones is 2. The number of carbonyl (C=O) groups excluding carboxylic acids is 4. The van der Waals surface area contributed by atoms with Gasteiger partial charge in [0, 0.05) is 46.9 Å². The summed E-state index contributed by atoms with van der Waals surface area (Å²) in [4.78, 5) is 36.2. The maximum absolute atomic E-state index is 9.24. The summed E-state index contributed by atoms with van der Waals surface area (Å²) < 4.78 is 0. The van der Waals surface area contributed by atoms with Crippen LogP contribution in [0.15, 0.2) is 60.7 Å².